The van der Waals surface area contributed by atoms with Crippen molar-refractivity contribution in [3.8, 4) is 11.5 Å². The van der Waals surface area contributed by atoms with Crippen LogP contribution in [0.25, 0.3) is 10.2 Å². The average Bonchev–Trinajstić information content (AvgIpc) is 4.32. The molecule has 1 fully saturated rings. The number of anilines is 3. The number of carbonyl (C=O) groups excluding carboxylic acids is 7. The average molecular weight is 1140 g/mol. The van der Waals surface area contributed by atoms with E-state index in [1.807, 2.05) is 55.6 Å². The van der Waals surface area contributed by atoms with Gasteiger partial charge in [0.2, 0.25) is 11.8 Å². The van der Waals surface area contributed by atoms with Crippen molar-refractivity contribution in [1.82, 2.24) is 20.5 Å². The molecule has 0 atom stereocenters. The number of likely N-dealkylation sites (N-methyl/N-ethyl adjacent to an activating group) is 1. The number of nitrogens with zero attached hydrogens (tertiary/aromatic N) is 2. The molecular formula is C58H57F6N7O9S. The van der Waals surface area contributed by atoms with E-state index in [1.165, 1.54) is 41.7 Å². The Morgan fingerprint density at radius 2 is 1.32 bits per heavy atom. The molecule has 23 heteroatoms. The quantitative estimate of drug-likeness (QED) is 0.0297. The van der Waals surface area contributed by atoms with Gasteiger partial charge in [0.25, 0.3) is 11.8 Å². The molecule has 0 radical (unpaired) electrons. The number of ether oxygens (including phenoxy) is 2. The first-order chi connectivity index (χ1) is 38.6. The van der Waals surface area contributed by atoms with Gasteiger partial charge < -0.3 is 45.5 Å². The number of rotatable bonds is 19. The molecular weight excluding hydrogens is 1080 g/mol. The van der Waals surface area contributed by atoms with Gasteiger partial charge in [-0.3, -0.25) is 28.8 Å². The Kier molecular flexibility index (Phi) is 16.9. The Bertz CT molecular complexity index is 3340. The van der Waals surface area contributed by atoms with Crippen LogP contribution < -0.4 is 36.2 Å². The fourth-order valence-electron chi connectivity index (χ4n) is 10.7. The third-order valence-corrected chi connectivity index (χ3v) is 15.6. The van der Waals surface area contributed by atoms with Crippen molar-refractivity contribution in [1.29, 1.82) is 0 Å². The Labute approximate surface area is 464 Å². The van der Waals surface area contributed by atoms with E-state index in [9.17, 15) is 59.9 Å². The molecule has 1 saturated carbocycles. The molecule has 9 rings (SSSR count). The van der Waals surface area contributed by atoms with Crippen molar-refractivity contribution in [3.05, 3.63) is 135 Å². The van der Waals surface area contributed by atoms with Crippen molar-refractivity contribution in [2.45, 2.75) is 109 Å². The number of thiophene rings is 1. The van der Waals surface area contributed by atoms with Gasteiger partial charge >= 0.3 is 30.1 Å². The van der Waals surface area contributed by atoms with Gasteiger partial charge in [-0.15, -0.1) is 11.3 Å². The molecule has 1 aliphatic carbocycles. The van der Waals surface area contributed by atoms with Crippen molar-refractivity contribution in [2.75, 3.05) is 35.2 Å². The second-order valence-electron chi connectivity index (χ2n) is 20.2. The van der Waals surface area contributed by atoms with Crippen LogP contribution in [0.3, 0.4) is 0 Å². The second kappa shape index (κ2) is 23.9. The second-order valence-corrected chi connectivity index (χ2v) is 21.2. The standard InChI is InChI=1S/C58H57F6N7O9S/c1-3-70(39-12-10-11-33(2)27-39)49(72)32-71-44-23-26-81-48(44)31-45(71)52(75)67-36-16-13-34(14-17-36)50(73)65-24-8-6-4-5-7-9-25-66-51(74)35-15-20-40-43(28-35)56(80-53(40)76)41-21-18-37(68-54(77)57(59,60)61)29-46(41)79-47-30-38(19-22-42(47)56)69-55(78)58(62,63)64/h10-12,15,18-23,26-31,34,36H,3-9,13-14,16-17,24-25,32H2,1-2H3,(H,65,73)(H,66,74)(H,67,75)(H,68,77)(H,69,78). The maximum atomic E-state index is 13.7. The van der Waals surface area contributed by atoms with Gasteiger partial charge in [-0.1, -0.05) is 37.8 Å². The van der Waals surface area contributed by atoms with Gasteiger partial charge in [-0.25, -0.2) is 4.79 Å². The van der Waals surface area contributed by atoms with Gasteiger partial charge in [0.1, 0.15) is 23.7 Å². The number of esters is 1. The van der Waals surface area contributed by atoms with E-state index in [0.29, 0.717) is 57.4 Å². The first kappa shape index (κ1) is 57.5. The van der Waals surface area contributed by atoms with Crippen LogP contribution in [0.2, 0.25) is 0 Å². The lowest BCUT2D eigenvalue weighted by Gasteiger charge is -2.37. The molecule has 6 aromatic rings. The molecule has 1 spiro atoms. The van der Waals surface area contributed by atoms with E-state index in [1.54, 1.807) is 20.1 Å². The minimum Gasteiger partial charge on any atom is -0.456 e. The number of fused-ring (bicyclic) bond motifs is 7. The van der Waals surface area contributed by atoms with Crippen molar-refractivity contribution in [2.24, 2.45) is 5.92 Å². The minimum absolute atomic E-state index is 0.00122. The normalized spacial score (nSPS) is 16.1. The summed E-state index contributed by atoms with van der Waals surface area (Å²) in [5.41, 5.74) is 0.711. The molecule has 426 valence electrons. The fraction of sp³-hybridized carbons (Fsp3) is 0.362. The Hall–Kier alpha value is -8.21. The molecule has 6 amide bonds. The maximum Gasteiger partial charge on any atom is 0.471 e. The van der Waals surface area contributed by atoms with Gasteiger partial charge in [-0.2, -0.15) is 26.3 Å². The van der Waals surface area contributed by atoms with E-state index in [2.05, 4.69) is 16.0 Å². The number of alkyl halides is 6. The van der Waals surface area contributed by atoms with Gasteiger partial charge in [0.15, 0.2) is 5.60 Å². The molecule has 0 bridgehead atoms. The summed E-state index contributed by atoms with van der Waals surface area (Å²) in [6.07, 6.45) is -3.09. The highest BCUT2D eigenvalue weighted by atomic mass is 32.1. The van der Waals surface area contributed by atoms with Crippen molar-refractivity contribution in [3.63, 3.8) is 0 Å². The third kappa shape index (κ3) is 12.6. The first-order valence-corrected chi connectivity index (χ1v) is 27.4. The monoisotopic (exact) mass is 1140 g/mol. The van der Waals surface area contributed by atoms with Crippen LogP contribution in [0.15, 0.2) is 96.4 Å². The lowest BCUT2D eigenvalue weighted by molar-refractivity contribution is -0.167. The number of hydrogen-bond donors (Lipinski definition) is 5. The number of unbranched alkanes of at least 4 members (excludes halogenated alkanes) is 5. The Morgan fingerprint density at radius 3 is 1.93 bits per heavy atom. The summed E-state index contributed by atoms with van der Waals surface area (Å²) in [4.78, 5) is 93.0. The summed E-state index contributed by atoms with van der Waals surface area (Å²) in [5.74, 6) is -7.01. The van der Waals surface area contributed by atoms with E-state index in [0.717, 1.165) is 77.8 Å². The smallest absolute Gasteiger partial charge is 0.456 e. The van der Waals surface area contributed by atoms with Crippen LogP contribution in [-0.2, 0) is 36.1 Å². The van der Waals surface area contributed by atoms with Gasteiger partial charge in [0, 0.05) is 83.0 Å². The number of aryl methyl sites for hydroxylation is 1. The number of nitrogens with one attached hydrogen (secondary N) is 5. The highest BCUT2D eigenvalue weighted by Gasteiger charge is 2.54. The molecule has 0 unspecified atom stereocenters. The van der Waals surface area contributed by atoms with Crippen LogP contribution in [0.5, 0.6) is 11.5 Å². The topological polar surface area (TPSA) is 206 Å². The number of amides is 6. The summed E-state index contributed by atoms with van der Waals surface area (Å²) >= 11 is 1.51. The maximum absolute atomic E-state index is 13.7. The number of carbonyl (C=O) groups is 7. The summed E-state index contributed by atoms with van der Waals surface area (Å²) in [6, 6.07) is 22.3. The lowest BCUT2D eigenvalue weighted by Crippen LogP contribution is -2.42. The number of hydrogen-bond acceptors (Lipinski definition) is 10. The molecule has 81 heavy (non-hydrogen) atoms. The number of aromatic nitrogens is 1. The van der Waals surface area contributed by atoms with Crippen molar-refractivity contribution >= 4 is 80.0 Å². The van der Waals surface area contributed by atoms with Crippen LogP contribution in [0.4, 0.5) is 43.4 Å². The van der Waals surface area contributed by atoms with Crippen LogP contribution in [0, 0.1) is 12.8 Å². The molecule has 3 aliphatic rings. The number of halogens is 6. The van der Waals surface area contributed by atoms with E-state index >= 15 is 0 Å². The first-order valence-electron chi connectivity index (χ1n) is 26.6. The van der Waals surface area contributed by atoms with E-state index in [-0.39, 0.29) is 86.9 Å². The predicted octanol–water partition coefficient (Wildman–Crippen LogP) is 10.8. The highest BCUT2D eigenvalue weighted by Crippen LogP contribution is 2.57. The molecule has 0 saturated heterocycles. The SMILES string of the molecule is CCN(C(=O)Cn1c(C(=O)NC2CCC(C(=O)NCCCCCCCCNC(=O)c3ccc4c(c3)C3(OC4=O)c4ccc(NC(=O)C(F)(F)F)cc4Oc4cc(NC(=O)C(F)(F)F)ccc43)CC2)cc2sccc21)c1cccc(C)c1. The summed E-state index contributed by atoms with van der Waals surface area (Å²) in [5, 5.41) is 14.5. The Morgan fingerprint density at radius 1 is 0.704 bits per heavy atom. The zero-order chi connectivity index (χ0) is 57.8. The fourth-order valence-corrected chi connectivity index (χ4v) is 11.5. The molecule has 4 heterocycles. The van der Waals surface area contributed by atoms with E-state index in [4.69, 9.17) is 9.47 Å². The molecule has 2 aromatic heterocycles. The van der Waals surface area contributed by atoms with Crippen LogP contribution >= 0.6 is 11.3 Å². The number of benzene rings is 4. The lowest BCUT2D eigenvalue weighted by atomic mass is 9.77. The van der Waals surface area contributed by atoms with Crippen molar-refractivity contribution < 1.29 is 69.4 Å². The summed E-state index contributed by atoms with van der Waals surface area (Å²) < 4.78 is 93.7. The Balaban J connectivity index is 0.720. The summed E-state index contributed by atoms with van der Waals surface area (Å²) in [7, 11) is 0. The molecule has 4 aromatic carbocycles. The molecule has 16 nitrogen and oxygen atoms in total. The molecule has 5 N–H and O–H groups in total. The third-order valence-electron chi connectivity index (χ3n) is 14.7. The van der Waals surface area contributed by atoms with Gasteiger partial charge in [-0.05, 0) is 130 Å². The zero-order valence-corrected chi connectivity index (χ0v) is 44.9. The van der Waals surface area contributed by atoms with Gasteiger partial charge in [0.05, 0.1) is 15.8 Å². The van der Waals surface area contributed by atoms with E-state index < -0.39 is 41.6 Å². The minimum atomic E-state index is -5.26. The van der Waals surface area contributed by atoms with Crippen LogP contribution in [0.1, 0.15) is 125 Å². The van der Waals surface area contributed by atoms with Crippen LogP contribution in [-0.4, -0.2) is 84.0 Å². The summed E-state index contributed by atoms with van der Waals surface area (Å²) in [6.45, 7) is 5.22. The highest BCUT2D eigenvalue weighted by molar-refractivity contribution is 7.17. The predicted molar refractivity (Wildman–Crippen MR) is 289 cm³/mol. The molecule has 2 aliphatic heterocycles. The zero-order valence-electron chi connectivity index (χ0n) is 44.0. The largest absolute Gasteiger partial charge is 0.471 e.